The van der Waals surface area contributed by atoms with Crippen LogP contribution in [0.15, 0.2) is 48.6 Å². The summed E-state index contributed by atoms with van der Waals surface area (Å²) in [5.74, 6) is -0.444. The maximum absolute atomic E-state index is 14.0. The van der Waals surface area contributed by atoms with E-state index < -0.39 is 33.9 Å². The van der Waals surface area contributed by atoms with E-state index in [4.69, 9.17) is 100 Å². The Hall–Kier alpha value is -2.59. The van der Waals surface area contributed by atoms with Gasteiger partial charge in [0.05, 0.1) is 132 Å². The van der Waals surface area contributed by atoms with Crippen LogP contribution in [0.3, 0.4) is 0 Å². The molecule has 24 bridgehead atoms. The van der Waals surface area contributed by atoms with E-state index in [-0.39, 0.29) is 219 Å². The summed E-state index contributed by atoms with van der Waals surface area (Å²) in [6.45, 7) is 27.0. The predicted molar refractivity (Wildman–Crippen MR) is 385 cm³/mol. The third kappa shape index (κ3) is 16.3. The number of aliphatic hydroxyl groups is 2. The number of hydrogen-bond donors (Lipinski definition) is 4. The van der Waals surface area contributed by atoms with Gasteiger partial charge in [-0.3, -0.25) is 9.59 Å². The van der Waals surface area contributed by atoms with Gasteiger partial charge in [-0.2, -0.15) is 0 Å². The minimum absolute atomic E-state index is 0.00127. The molecule has 20 rings (SSSR count). The number of Topliss-reactive ketones (excluding diaryl/α,β-unsaturated/α-hetero) is 2. The second-order valence-electron chi connectivity index (χ2n) is 35.9. The number of ether oxygens (including phenoxy) is 16. The summed E-state index contributed by atoms with van der Waals surface area (Å²) in [5.41, 5.74) is 16.1. The molecular weight excluding hydrogens is 1400 g/mol. The van der Waals surface area contributed by atoms with Crippen LogP contribution in [0.25, 0.3) is 0 Å². The molecule has 600 valence electrons. The van der Waals surface area contributed by atoms with Crippen molar-refractivity contribution in [1.29, 1.82) is 0 Å². The van der Waals surface area contributed by atoms with Gasteiger partial charge < -0.3 is 102 Å². The molecule has 0 aliphatic carbocycles. The van der Waals surface area contributed by atoms with Crippen molar-refractivity contribution in [3.8, 4) is 0 Å². The normalized spacial score (nSPS) is 51.2. The highest BCUT2D eigenvalue weighted by Gasteiger charge is 2.71. The van der Waals surface area contributed by atoms with Crippen molar-refractivity contribution in [3.63, 3.8) is 0 Å². The predicted octanol–water partition coefficient (Wildman–Crippen LogP) is 7.28. The summed E-state index contributed by atoms with van der Waals surface area (Å²) in [7, 11) is -3.92. The lowest BCUT2D eigenvalue weighted by atomic mass is 9.78. The highest BCUT2D eigenvalue weighted by Crippen LogP contribution is 2.58. The van der Waals surface area contributed by atoms with Crippen LogP contribution < -0.4 is 11.5 Å². The lowest BCUT2D eigenvalue weighted by Crippen LogP contribution is -2.61. The van der Waals surface area contributed by atoms with Crippen LogP contribution >= 0.6 is 0 Å². The van der Waals surface area contributed by atoms with Gasteiger partial charge in [0.1, 0.15) is 72.6 Å². The van der Waals surface area contributed by atoms with E-state index in [2.05, 4.69) is 54.0 Å². The molecule has 20 aliphatic rings. The van der Waals surface area contributed by atoms with Crippen molar-refractivity contribution < 1.29 is 109 Å². The Morgan fingerprint density at radius 1 is 0.421 bits per heavy atom. The van der Waals surface area contributed by atoms with Crippen molar-refractivity contribution in [1.82, 2.24) is 0 Å². The Kier molecular flexibility index (Phi) is 23.1. The third-order valence-electron chi connectivity index (χ3n) is 28.4. The Morgan fingerprint density at radius 2 is 0.776 bits per heavy atom. The molecule has 0 aromatic rings. The largest absolute Gasteiger partial charge is 0.748 e. The number of carbonyl (C=O) groups excluding carboxylic acids is 2. The minimum atomic E-state index is -3.92. The number of carbonyl (C=O) groups is 2. The number of ketones is 2. The van der Waals surface area contributed by atoms with Crippen molar-refractivity contribution in [2.45, 2.75) is 389 Å². The first-order valence-electron chi connectivity index (χ1n) is 41.1. The number of fused-ring (bicyclic) bond motifs is 12. The molecule has 2 spiro atoms. The van der Waals surface area contributed by atoms with Gasteiger partial charge in [0, 0.05) is 96.4 Å². The molecule has 20 fully saturated rings. The van der Waals surface area contributed by atoms with Crippen LogP contribution in [0.4, 0.5) is 0 Å². The van der Waals surface area contributed by atoms with E-state index in [0.717, 1.165) is 112 Å². The molecule has 20 aliphatic heterocycles. The van der Waals surface area contributed by atoms with Crippen molar-refractivity contribution in [3.05, 3.63) is 48.6 Å². The maximum Gasteiger partial charge on any atom is 0.172 e. The average molecular weight is 1520 g/mol. The van der Waals surface area contributed by atoms with Crippen LogP contribution in [-0.4, -0.2) is 249 Å². The Morgan fingerprint density at radius 3 is 1.18 bits per heavy atom. The second-order valence-corrected chi connectivity index (χ2v) is 37.3. The summed E-state index contributed by atoms with van der Waals surface area (Å²) < 4.78 is 135. The molecule has 0 aromatic carbocycles. The Balaban J connectivity index is 0.000000154. The van der Waals surface area contributed by atoms with Crippen molar-refractivity contribution in [2.75, 3.05) is 19.3 Å². The first-order chi connectivity index (χ1) is 51.1. The standard InChI is InChI=1S/2C40H59NO10.CH4O3S/c2*1-19-11-25-5-7-29-20(2)12-27(44-29)9-10-40-17-34-36(50-40)37-38(49-34)39(51-40)35-30(48-37)8-6-26(46-35)13-23(42)14-28-22(4)31(15-24(43)18-41)47-33(28)16-32(45-25)21(19)3;1-5(2,3)4/h2*19,22,24-39,43H,2-3,5-18,41H2,1,4H3;1H3,(H,2,3,4)/p-1/t2*19-,22-,24+,25+,26-,27+,28-,29+,30+,31-,32-,33+,34-,35+,36+,37+,38-,39+,40+;/m11./s1. The number of aliphatic hydroxyl groups excluding tert-OH is 2. The van der Waals surface area contributed by atoms with E-state index in [1.165, 1.54) is 0 Å². The van der Waals surface area contributed by atoms with Crippen LogP contribution in [0, 0.1) is 35.5 Å². The lowest BCUT2D eigenvalue weighted by molar-refractivity contribution is -0.292. The molecule has 6 N–H and O–H groups in total. The monoisotopic (exact) mass is 1520 g/mol. The zero-order chi connectivity index (χ0) is 74.9. The van der Waals surface area contributed by atoms with Gasteiger partial charge in [-0.05, 0) is 148 Å². The molecule has 0 aromatic heterocycles. The molecular formula is C81H121N2O23S-. The summed E-state index contributed by atoms with van der Waals surface area (Å²) >= 11 is 0. The van der Waals surface area contributed by atoms with Crippen LogP contribution in [-0.2, 0) is 95.5 Å². The fraction of sp³-hybridized carbons (Fsp3) is 0.877. The fourth-order valence-corrected chi connectivity index (χ4v) is 22.6. The van der Waals surface area contributed by atoms with E-state index >= 15 is 0 Å². The zero-order valence-electron chi connectivity index (χ0n) is 63.4. The zero-order valence-corrected chi connectivity index (χ0v) is 64.3. The van der Waals surface area contributed by atoms with Gasteiger partial charge in [-0.15, -0.1) is 0 Å². The summed E-state index contributed by atoms with van der Waals surface area (Å²) in [5, 5.41) is 21.0. The number of rotatable bonds is 6. The second kappa shape index (κ2) is 31.5. The van der Waals surface area contributed by atoms with Crippen LogP contribution in [0.1, 0.15) is 195 Å². The Bertz CT molecular complexity index is 3180. The highest BCUT2D eigenvalue weighted by molar-refractivity contribution is 7.84. The summed E-state index contributed by atoms with van der Waals surface area (Å²) in [6, 6.07) is 0. The molecule has 0 saturated carbocycles. The number of nitrogens with two attached hydrogens (primary N) is 2. The van der Waals surface area contributed by atoms with E-state index in [1.54, 1.807) is 0 Å². The topological polar surface area (TPSA) is 332 Å². The SMILES string of the molecule is C=C1C[C@@H]2CC[C@@]34C[C@H]5O[C@H]6[C@@H](O3)[C@H]3O[C@H](CC[C@@H]3O[C@H]6[C@H]5O4)CC(=O)C[C@@H]3[C@@H](C)[C@@H](C[C@H](O)CN)O[C@H]3C[C@H]3O[C@@H](CC[C@@H]1O2)C[C@@H](C)C3=C.C=C1C[C@@H]2CC[C@@]34C[C@H]5O[C@H]6[C@@H](O3)[C@H]3O[C@H](CC[C@@H]3O[C@H]6[C@H]5O4)CC(=O)C[C@@H]3[C@@H](C)[C@@H](C[C@H](O)CN)O[C@H]3C[C@H]3O[C@@H](CC[C@@H]1O2)C[C@@H](C)C3=C.CS(=O)(=O)[O-]. The highest BCUT2D eigenvalue weighted by atomic mass is 32.2. The average Bonchev–Trinajstić information content (AvgIpc) is 1.55. The van der Waals surface area contributed by atoms with E-state index in [0.29, 0.717) is 95.1 Å². The van der Waals surface area contributed by atoms with Gasteiger partial charge in [-0.1, -0.05) is 54.0 Å². The third-order valence-corrected chi connectivity index (χ3v) is 28.4. The smallest absolute Gasteiger partial charge is 0.172 e. The molecule has 107 heavy (non-hydrogen) atoms. The first kappa shape index (κ1) is 78.3. The quantitative estimate of drug-likeness (QED) is 0.150. The van der Waals surface area contributed by atoms with Crippen LogP contribution in [0.2, 0.25) is 0 Å². The van der Waals surface area contributed by atoms with Gasteiger partial charge in [0.25, 0.3) is 0 Å². The lowest BCUT2D eigenvalue weighted by Gasteiger charge is -2.47. The molecule has 0 amide bonds. The molecule has 25 nitrogen and oxygen atoms in total. The fourth-order valence-electron chi connectivity index (χ4n) is 22.6. The minimum Gasteiger partial charge on any atom is -0.748 e. The summed E-state index contributed by atoms with van der Waals surface area (Å²) in [4.78, 5) is 28.0. The molecule has 20 saturated heterocycles. The Labute approximate surface area is 631 Å². The van der Waals surface area contributed by atoms with Crippen LogP contribution in [0.5, 0.6) is 0 Å². The molecule has 38 atom stereocenters. The van der Waals surface area contributed by atoms with Crippen molar-refractivity contribution in [2.24, 2.45) is 47.0 Å². The van der Waals surface area contributed by atoms with Gasteiger partial charge in [0.15, 0.2) is 11.6 Å². The molecule has 20 heterocycles. The van der Waals surface area contributed by atoms with E-state index in [1.807, 2.05) is 0 Å². The number of hydrogen-bond acceptors (Lipinski definition) is 25. The van der Waals surface area contributed by atoms with Crippen molar-refractivity contribution >= 4 is 21.7 Å². The molecule has 0 unspecified atom stereocenters. The van der Waals surface area contributed by atoms with Gasteiger partial charge in [-0.25, -0.2) is 8.42 Å². The summed E-state index contributed by atoms with van der Waals surface area (Å²) in [6.07, 6.45) is 13.5. The van der Waals surface area contributed by atoms with E-state index in [9.17, 15) is 19.8 Å². The maximum atomic E-state index is 14.0. The first-order valence-corrected chi connectivity index (χ1v) is 42.9. The molecule has 26 heteroatoms. The van der Waals surface area contributed by atoms with Gasteiger partial charge >= 0.3 is 0 Å². The van der Waals surface area contributed by atoms with Gasteiger partial charge in [0.2, 0.25) is 0 Å². The molecule has 0 radical (unpaired) electrons.